The standard InChI is InChI=1S/C43H28BN2O/c1-26-19-22-37-41(44-34-15-10-18-39-43(34)46(37)36-16-8-9-17-38(36)47-39)40(26)33-25-30(28-13-6-3-7-14-28)24-32-31-23-29(27-11-4-2-5-12-27)20-21-35(31)45-42(32)33/h2-25,45H,1H3. The molecule has 0 spiro atoms. The van der Waals surface area contributed by atoms with E-state index in [0.29, 0.717) is 0 Å². The van der Waals surface area contributed by atoms with Crippen LogP contribution in [0, 0.1) is 6.92 Å². The monoisotopic (exact) mass is 599 g/mol. The lowest BCUT2D eigenvalue weighted by molar-refractivity contribution is 0.477. The molecule has 2 aliphatic heterocycles. The van der Waals surface area contributed by atoms with Gasteiger partial charge in [-0.1, -0.05) is 103 Å². The molecule has 0 aliphatic carbocycles. The van der Waals surface area contributed by atoms with Gasteiger partial charge in [0.1, 0.15) is 0 Å². The van der Waals surface area contributed by atoms with Gasteiger partial charge in [0.05, 0.1) is 16.9 Å². The summed E-state index contributed by atoms with van der Waals surface area (Å²) in [5.41, 5.74) is 16.4. The van der Waals surface area contributed by atoms with Crippen molar-refractivity contribution < 1.29 is 4.74 Å². The molecule has 0 fully saturated rings. The summed E-state index contributed by atoms with van der Waals surface area (Å²) in [5.74, 6) is 1.74. The van der Waals surface area contributed by atoms with Gasteiger partial charge in [0.25, 0.3) is 0 Å². The molecule has 0 bridgehead atoms. The highest BCUT2D eigenvalue weighted by molar-refractivity contribution is 6.73. The third kappa shape index (κ3) is 3.95. The van der Waals surface area contributed by atoms with Crippen molar-refractivity contribution in [2.24, 2.45) is 0 Å². The van der Waals surface area contributed by atoms with Crippen LogP contribution < -0.4 is 20.6 Å². The summed E-state index contributed by atoms with van der Waals surface area (Å²) in [6, 6.07) is 52.1. The van der Waals surface area contributed by atoms with Crippen molar-refractivity contribution in [1.82, 2.24) is 4.98 Å². The van der Waals surface area contributed by atoms with Crippen molar-refractivity contribution in [1.29, 1.82) is 0 Å². The molecule has 1 aromatic heterocycles. The molecule has 0 amide bonds. The molecule has 1 N–H and O–H groups in total. The van der Waals surface area contributed by atoms with Crippen molar-refractivity contribution in [2.75, 3.05) is 4.90 Å². The van der Waals surface area contributed by atoms with Crippen LogP contribution in [0.2, 0.25) is 0 Å². The van der Waals surface area contributed by atoms with Gasteiger partial charge in [0, 0.05) is 27.5 Å². The molecule has 0 unspecified atom stereocenters. The van der Waals surface area contributed by atoms with Crippen LogP contribution in [0.25, 0.3) is 55.2 Å². The van der Waals surface area contributed by atoms with Crippen LogP contribution in [-0.2, 0) is 0 Å². The first-order chi connectivity index (χ1) is 23.2. The van der Waals surface area contributed by atoms with E-state index in [4.69, 9.17) is 4.74 Å². The summed E-state index contributed by atoms with van der Waals surface area (Å²) in [5, 5.41) is 2.45. The molecule has 0 atom stereocenters. The Morgan fingerprint density at radius 1 is 0.574 bits per heavy atom. The molecule has 1 radical (unpaired) electrons. The molecule has 8 aromatic rings. The second-order valence-corrected chi connectivity index (χ2v) is 12.5. The number of para-hydroxylation sites is 3. The minimum atomic E-state index is 0.866. The zero-order valence-electron chi connectivity index (χ0n) is 25.8. The fourth-order valence-electron chi connectivity index (χ4n) is 7.57. The Kier molecular flexibility index (Phi) is 5.59. The minimum absolute atomic E-state index is 0.866. The largest absolute Gasteiger partial charge is 0.453 e. The van der Waals surface area contributed by atoms with E-state index in [1.165, 1.54) is 55.2 Å². The van der Waals surface area contributed by atoms with Gasteiger partial charge in [-0.15, -0.1) is 0 Å². The predicted octanol–water partition coefficient (Wildman–Crippen LogP) is 10.2. The Labute approximate surface area is 274 Å². The Bertz CT molecular complexity index is 2530. The van der Waals surface area contributed by atoms with Crippen LogP contribution >= 0.6 is 0 Å². The van der Waals surface area contributed by atoms with Crippen LogP contribution in [0.3, 0.4) is 0 Å². The number of ether oxygens (including phenoxy) is 1. The molecule has 2 aliphatic rings. The van der Waals surface area contributed by atoms with Gasteiger partial charge in [0.2, 0.25) is 0 Å². The highest BCUT2D eigenvalue weighted by atomic mass is 16.5. The number of fused-ring (bicyclic) bond motifs is 7. The fourth-order valence-corrected chi connectivity index (χ4v) is 7.57. The number of H-pyrrole nitrogens is 1. The zero-order chi connectivity index (χ0) is 31.1. The quantitative estimate of drug-likeness (QED) is 0.205. The third-order valence-corrected chi connectivity index (χ3v) is 9.74. The van der Waals surface area contributed by atoms with Gasteiger partial charge in [-0.05, 0) is 94.3 Å². The molecule has 3 nitrogen and oxygen atoms in total. The van der Waals surface area contributed by atoms with Crippen LogP contribution in [0.4, 0.5) is 17.1 Å². The highest BCUT2D eigenvalue weighted by Crippen LogP contribution is 2.51. The van der Waals surface area contributed by atoms with Crippen molar-refractivity contribution in [3.8, 4) is 44.9 Å². The highest BCUT2D eigenvalue weighted by Gasteiger charge is 2.35. The lowest BCUT2D eigenvalue weighted by Gasteiger charge is -2.39. The van der Waals surface area contributed by atoms with E-state index in [1.54, 1.807) is 0 Å². The van der Waals surface area contributed by atoms with E-state index in [-0.39, 0.29) is 0 Å². The Morgan fingerprint density at radius 2 is 1.30 bits per heavy atom. The molecule has 7 aromatic carbocycles. The van der Waals surface area contributed by atoms with Gasteiger partial charge in [-0.2, -0.15) is 0 Å². The molecular formula is C43H28BN2O. The molecule has 0 saturated heterocycles. The number of aromatic amines is 1. The molecule has 3 heterocycles. The SMILES string of the molecule is Cc1ccc2c(c1-c1cc(-c3ccccc3)cc3c1[nH]c1ccc(-c4ccccc4)cc13)[B]c1cccc3c1N2c1ccccc1O3. The molecular weight excluding hydrogens is 571 g/mol. The van der Waals surface area contributed by atoms with Crippen LogP contribution in [-0.4, -0.2) is 12.3 Å². The van der Waals surface area contributed by atoms with E-state index < -0.39 is 0 Å². The lowest BCUT2D eigenvalue weighted by Crippen LogP contribution is -2.42. The van der Waals surface area contributed by atoms with E-state index in [9.17, 15) is 0 Å². The maximum atomic E-state index is 6.41. The number of aryl methyl sites for hydroxylation is 1. The average molecular weight is 600 g/mol. The molecule has 10 rings (SSSR count). The van der Waals surface area contributed by atoms with Gasteiger partial charge >= 0.3 is 0 Å². The van der Waals surface area contributed by atoms with E-state index in [2.05, 4.69) is 164 Å². The van der Waals surface area contributed by atoms with Crippen molar-refractivity contribution >= 4 is 57.1 Å². The van der Waals surface area contributed by atoms with Gasteiger partial charge in [-0.3, -0.25) is 0 Å². The van der Waals surface area contributed by atoms with Crippen LogP contribution in [0.5, 0.6) is 11.5 Å². The fraction of sp³-hybridized carbons (Fsp3) is 0.0233. The number of anilines is 3. The van der Waals surface area contributed by atoms with Crippen molar-refractivity contribution in [3.63, 3.8) is 0 Å². The van der Waals surface area contributed by atoms with Gasteiger partial charge in [0.15, 0.2) is 18.8 Å². The van der Waals surface area contributed by atoms with E-state index >= 15 is 0 Å². The topological polar surface area (TPSA) is 28.3 Å². The minimum Gasteiger partial charge on any atom is -0.453 e. The molecule has 4 heteroatoms. The third-order valence-electron chi connectivity index (χ3n) is 9.74. The van der Waals surface area contributed by atoms with Crippen LogP contribution in [0.1, 0.15) is 5.56 Å². The number of hydrogen-bond acceptors (Lipinski definition) is 2. The molecule has 47 heavy (non-hydrogen) atoms. The van der Waals surface area contributed by atoms with Crippen molar-refractivity contribution in [3.05, 3.63) is 151 Å². The second kappa shape index (κ2) is 10.0. The molecule has 0 saturated carbocycles. The summed E-state index contributed by atoms with van der Waals surface area (Å²) in [6.07, 6.45) is 0. The Hall–Kier alpha value is -6.00. The normalized spacial score (nSPS) is 12.7. The zero-order valence-corrected chi connectivity index (χ0v) is 25.8. The summed E-state index contributed by atoms with van der Waals surface area (Å²) in [4.78, 5) is 6.26. The first kappa shape index (κ1) is 26.2. The summed E-state index contributed by atoms with van der Waals surface area (Å²) in [7, 11) is 2.35. The number of nitrogens with one attached hydrogen (secondary N) is 1. The molecule has 219 valence electrons. The van der Waals surface area contributed by atoms with Gasteiger partial charge in [-0.25, -0.2) is 0 Å². The summed E-state index contributed by atoms with van der Waals surface area (Å²) in [6.45, 7) is 2.24. The Balaban J connectivity index is 1.27. The first-order valence-corrected chi connectivity index (χ1v) is 16.1. The lowest BCUT2D eigenvalue weighted by atomic mass is 9.57. The maximum Gasteiger partial charge on any atom is 0.198 e. The first-order valence-electron chi connectivity index (χ1n) is 16.1. The van der Waals surface area contributed by atoms with Crippen molar-refractivity contribution in [2.45, 2.75) is 6.92 Å². The summed E-state index contributed by atoms with van der Waals surface area (Å²) < 4.78 is 6.41. The Morgan fingerprint density at radius 3 is 2.13 bits per heavy atom. The average Bonchev–Trinajstić information content (AvgIpc) is 3.50. The summed E-state index contributed by atoms with van der Waals surface area (Å²) >= 11 is 0. The predicted molar refractivity (Wildman–Crippen MR) is 197 cm³/mol. The maximum absolute atomic E-state index is 6.41. The smallest absolute Gasteiger partial charge is 0.198 e. The van der Waals surface area contributed by atoms with Gasteiger partial charge < -0.3 is 14.6 Å². The number of rotatable bonds is 3. The number of benzene rings is 7. The number of nitrogens with zero attached hydrogens (tertiary/aromatic N) is 1. The van der Waals surface area contributed by atoms with E-state index in [0.717, 1.165) is 45.1 Å². The second-order valence-electron chi connectivity index (χ2n) is 12.5. The number of aromatic nitrogens is 1. The van der Waals surface area contributed by atoms with E-state index in [1.807, 2.05) is 6.07 Å². The number of hydrogen-bond donors (Lipinski definition) is 1. The van der Waals surface area contributed by atoms with Crippen LogP contribution in [0.15, 0.2) is 146 Å².